The Labute approximate surface area is 232 Å². The molecule has 0 fully saturated rings. The monoisotopic (exact) mass is 583 g/mol. The summed E-state index contributed by atoms with van der Waals surface area (Å²) in [4.78, 5) is 24.0. The smallest absolute Gasteiger partial charge is 0.481 e. The van der Waals surface area contributed by atoms with Crippen LogP contribution in [0.3, 0.4) is 0 Å². The summed E-state index contributed by atoms with van der Waals surface area (Å²) in [5.74, 6) is -3.21. The van der Waals surface area contributed by atoms with Gasteiger partial charge < -0.3 is 30.1 Å². The number of hydrogen-bond acceptors (Lipinski definition) is 7. The average Bonchev–Trinajstić information content (AvgIpc) is 3.25. The molecule has 222 valence electrons. The molecule has 10 nitrogen and oxygen atoms in total. The lowest BCUT2D eigenvalue weighted by Gasteiger charge is -2.17. The molecule has 1 amide bonds. The summed E-state index contributed by atoms with van der Waals surface area (Å²) in [6, 6.07) is 10.2. The van der Waals surface area contributed by atoms with E-state index in [1.165, 1.54) is 41.1 Å². The van der Waals surface area contributed by atoms with Gasteiger partial charge in [0.15, 0.2) is 5.69 Å². The Kier molecular flexibility index (Phi) is 10.3. The van der Waals surface area contributed by atoms with E-state index in [1.54, 1.807) is 13.8 Å². The molecule has 2 atom stereocenters. The Morgan fingerprint density at radius 3 is 2.37 bits per heavy atom. The summed E-state index contributed by atoms with van der Waals surface area (Å²) < 4.78 is 62.3. The molecule has 0 aliphatic carbocycles. The number of nitrogens with one attached hydrogen (secondary N) is 1. The highest BCUT2D eigenvalue weighted by molar-refractivity contribution is 5.94. The first-order valence-corrected chi connectivity index (χ1v) is 12.5. The normalized spacial score (nSPS) is 13.1. The molecule has 3 rings (SSSR count). The van der Waals surface area contributed by atoms with Crippen LogP contribution in [0.25, 0.3) is 5.69 Å². The van der Waals surface area contributed by atoms with E-state index in [-0.39, 0.29) is 30.5 Å². The summed E-state index contributed by atoms with van der Waals surface area (Å²) in [5, 5.41) is 35.9. The largest absolute Gasteiger partial charge is 0.573 e. The number of aliphatic hydroxyl groups excluding tert-OH is 2. The predicted octanol–water partition coefficient (Wildman–Crippen LogP) is 3.93. The van der Waals surface area contributed by atoms with Crippen LogP contribution in [0.4, 0.5) is 17.6 Å². The van der Waals surface area contributed by atoms with E-state index in [0.717, 1.165) is 12.1 Å². The van der Waals surface area contributed by atoms with Gasteiger partial charge in [0.25, 0.3) is 5.91 Å². The number of alkyl halides is 3. The Balaban J connectivity index is 1.88. The first kappa shape index (κ1) is 31.4. The van der Waals surface area contributed by atoms with Gasteiger partial charge in [-0.2, -0.15) is 5.10 Å². The topological polar surface area (TPSA) is 143 Å². The van der Waals surface area contributed by atoms with Crippen molar-refractivity contribution in [2.24, 2.45) is 0 Å². The maximum Gasteiger partial charge on any atom is 0.573 e. The van der Waals surface area contributed by atoms with Gasteiger partial charge >= 0.3 is 12.3 Å². The lowest BCUT2D eigenvalue weighted by molar-refractivity contribution is -0.274. The standard InChI is InChI=1S/C27H29F4N3O7/c1-15(2)23-24(25(39)32-13-16-4-3-5-21(10-16)41-27(29,30)31)33-34(18-8-6-17(28)7-9-18)26(23)40-14-20(36)11-19(35)12-22(37)38/h3-10,15,19-20,35-36H,11-14H2,1-2H3,(H,32,39)(H,37,38)/t19-,20+/m1/s1. The number of carbonyl (C=O) groups excluding carboxylic acids is 1. The van der Waals surface area contributed by atoms with Gasteiger partial charge in [-0.25, -0.2) is 9.07 Å². The van der Waals surface area contributed by atoms with Gasteiger partial charge in [-0.1, -0.05) is 26.0 Å². The highest BCUT2D eigenvalue weighted by Gasteiger charge is 2.31. The highest BCUT2D eigenvalue weighted by Crippen LogP contribution is 2.33. The van der Waals surface area contributed by atoms with Gasteiger partial charge in [0.2, 0.25) is 5.88 Å². The fourth-order valence-corrected chi connectivity index (χ4v) is 3.96. The molecule has 0 unspecified atom stereocenters. The Bertz CT molecular complexity index is 1340. The summed E-state index contributed by atoms with van der Waals surface area (Å²) in [6.07, 6.45) is -8.33. The second-order valence-electron chi connectivity index (χ2n) is 9.44. The lowest BCUT2D eigenvalue weighted by atomic mass is 10.0. The minimum absolute atomic E-state index is 0.0455. The summed E-state index contributed by atoms with van der Waals surface area (Å²) in [7, 11) is 0. The first-order valence-electron chi connectivity index (χ1n) is 12.5. The maximum absolute atomic E-state index is 13.6. The van der Waals surface area contributed by atoms with Crippen molar-refractivity contribution in [1.82, 2.24) is 15.1 Å². The molecule has 0 spiro atoms. The van der Waals surface area contributed by atoms with Crippen molar-refractivity contribution in [3.05, 3.63) is 71.2 Å². The summed E-state index contributed by atoms with van der Waals surface area (Å²) in [6.45, 7) is 2.95. The van der Waals surface area contributed by atoms with Crippen LogP contribution in [0.1, 0.15) is 54.2 Å². The van der Waals surface area contributed by atoms with Crippen LogP contribution in [0.5, 0.6) is 11.6 Å². The van der Waals surface area contributed by atoms with Crippen LogP contribution in [-0.4, -0.2) is 62.2 Å². The molecular formula is C27H29F4N3O7. The third kappa shape index (κ3) is 9.18. The number of carboxylic acid groups (broad SMARTS) is 1. The number of nitrogens with zero attached hydrogens (tertiary/aromatic N) is 2. The number of aliphatic carboxylic acids is 1. The molecular weight excluding hydrogens is 554 g/mol. The van der Waals surface area contributed by atoms with Gasteiger partial charge in [-0.3, -0.25) is 9.59 Å². The molecule has 1 aromatic heterocycles. The van der Waals surface area contributed by atoms with Crippen molar-refractivity contribution in [2.75, 3.05) is 6.61 Å². The fourth-order valence-electron chi connectivity index (χ4n) is 3.96. The van der Waals surface area contributed by atoms with E-state index in [2.05, 4.69) is 15.2 Å². The van der Waals surface area contributed by atoms with Crippen molar-refractivity contribution in [1.29, 1.82) is 0 Å². The van der Waals surface area contributed by atoms with Crippen LogP contribution >= 0.6 is 0 Å². The number of aliphatic hydroxyl groups is 2. The van der Waals surface area contributed by atoms with Crippen LogP contribution in [0.15, 0.2) is 48.5 Å². The Hall–Kier alpha value is -4.17. The number of hydrogen-bond donors (Lipinski definition) is 4. The Morgan fingerprint density at radius 1 is 1.07 bits per heavy atom. The SMILES string of the molecule is CC(C)c1c(C(=O)NCc2cccc(OC(F)(F)F)c2)nn(-c2ccc(F)cc2)c1OC[C@@H](O)C[C@@H](O)CC(=O)O. The molecule has 0 saturated heterocycles. The number of carboxylic acids is 1. The third-order valence-corrected chi connectivity index (χ3v) is 5.69. The minimum Gasteiger partial charge on any atom is -0.481 e. The number of amides is 1. The molecule has 0 saturated carbocycles. The first-order chi connectivity index (χ1) is 19.2. The van der Waals surface area contributed by atoms with Crippen LogP contribution in [-0.2, 0) is 11.3 Å². The summed E-state index contributed by atoms with van der Waals surface area (Å²) in [5.41, 5.74) is 0.880. The van der Waals surface area contributed by atoms with Gasteiger partial charge in [-0.05, 0) is 47.9 Å². The van der Waals surface area contributed by atoms with Crippen LogP contribution in [0, 0.1) is 5.82 Å². The van der Waals surface area contributed by atoms with E-state index in [1.807, 2.05) is 0 Å². The molecule has 4 N–H and O–H groups in total. The lowest BCUT2D eigenvalue weighted by Crippen LogP contribution is -2.26. The number of ether oxygens (including phenoxy) is 2. The van der Waals surface area contributed by atoms with Crippen molar-refractivity contribution in [2.45, 2.75) is 57.7 Å². The molecule has 3 aromatic rings. The summed E-state index contributed by atoms with van der Waals surface area (Å²) >= 11 is 0. The van der Waals surface area contributed by atoms with Crippen LogP contribution < -0.4 is 14.8 Å². The van der Waals surface area contributed by atoms with Gasteiger partial charge in [0.1, 0.15) is 18.2 Å². The number of benzene rings is 2. The molecule has 14 heteroatoms. The molecule has 0 radical (unpaired) electrons. The zero-order valence-electron chi connectivity index (χ0n) is 22.1. The van der Waals surface area contributed by atoms with E-state index in [0.29, 0.717) is 16.8 Å². The molecule has 1 heterocycles. The van der Waals surface area contributed by atoms with Crippen molar-refractivity contribution < 1.29 is 51.9 Å². The quantitative estimate of drug-likeness (QED) is 0.222. The second-order valence-corrected chi connectivity index (χ2v) is 9.44. The second kappa shape index (κ2) is 13.5. The Morgan fingerprint density at radius 2 is 1.76 bits per heavy atom. The van der Waals surface area contributed by atoms with Crippen molar-refractivity contribution in [3.8, 4) is 17.3 Å². The molecule has 0 aliphatic rings. The number of carbonyl (C=O) groups is 2. The minimum atomic E-state index is -4.88. The maximum atomic E-state index is 13.6. The van der Waals surface area contributed by atoms with Gasteiger partial charge in [0.05, 0.1) is 24.3 Å². The number of halogens is 4. The number of rotatable bonds is 13. The van der Waals surface area contributed by atoms with Crippen molar-refractivity contribution in [3.63, 3.8) is 0 Å². The van der Waals surface area contributed by atoms with E-state index >= 15 is 0 Å². The molecule has 2 aromatic carbocycles. The fraction of sp³-hybridized carbons (Fsp3) is 0.370. The van der Waals surface area contributed by atoms with E-state index in [9.17, 15) is 37.4 Å². The predicted molar refractivity (Wildman–Crippen MR) is 136 cm³/mol. The zero-order chi connectivity index (χ0) is 30.3. The average molecular weight is 584 g/mol. The molecule has 41 heavy (non-hydrogen) atoms. The van der Waals surface area contributed by atoms with Gasteiger partial charge in [0, 0.05) is 18.5 Å². The molecule has 0 aliphatic heterocycles. The zero-order valence-corrected chi connectivity index (χ0v) is 22.1. The van der Waals surface area contributed by atoms with Crippen LogP contribution in [0.2, 0.25) is 0 Å². The van der Waals surface area contributed by atoms with Gasteiger partial charge in [-0.15, -0.1) is 13.2 Å². The van der Waals surface area contributed by atoms with E-state index < -0.39 is 55.0 Å². The molecule has 0 bridgehead atoms. The third-order valence-electron chi connectivity index (χ3n) is 5.69. The highest BCUT2D eigenvalue weighted by atomic mass is 19.4. The van der Waals surface area contributed by atoms with E-state index in [4.69, 9.17) is 9.84 Å². The van der Waals surface area contributed by atoms with Crippen molar-refractivity contribution >= 4 is 11.9 Å². The number of aromatic nitrogens is 2.